The molecule has 1 nitrogen and oxygen atoms in total. The van der Waals surface area contributed by atoms with Crippen LogP contribution in [0, 0.1) is 122 Å². The van der Waals surface area contributed by atoms with Gasteiger partial charge in [0.2, 0.25) is 0 Å². The first-order chi connectivity index (χ1) is 27.5. The minimum Gasteiger partial charge on any atom is -0.207 e. The zero-order valence-electron chi connectivity index (χ0n) is 27.9. The number of pyridine rings is 1. The van der Waals surface area contributed by atoms with Crippen molar-refractivity contribution >= 4 is 28.0 Å². The standard InChI is InChI=1S/C24BF20.C12H11FN/c26-5-1(6(27)14(35)21(42)13(5)34)25(2-7(28)15(36)22(43)16(37)8(2)29,3-9(30)17(38)23(44)18(39)10(3)31)4-11(32)19(40)24(45)20(41)12(4)33;13-12-6-4-11(5-7-12)10-14-8-2-1-3-9-14/h;1-9H,10H2/q-1;+1. The molecule has 0 saturated heterocycles. The molecule has 6 rings (SSSR count). The summed E-state index contributed by atoms with van der Waals surface area (Å²) in [7, 11) is 0. The van der Waals surface area contributed by atoms with E-state index in [9.17, 15) is 57.1 Å². The molecule has 59 heavy (non-hydrogen) atoms. The molecule has 6 aromatic rings. The minimum absolute atomic E-state index is 0.188. The summed E-state index contributed by atoms with van der Waals surface area (Å²) in [6, 6.07) is 12.5. The number of hydrogen-bond donors (Lipinski definition) is 0. The predicted molar refractivity (Wildman–Crippen MR) is 161 cm³/mol. The van der Waals surface area contributed by atoms with E-state index in [4.69, 9.17) is 0 Å². The maximum absolute atomic E-state index is 15.4. The second-order valence-electron chi connectivity index (χ2n) is 12.0. The van der Waals surface area contributed by atoms with E-state index in [2.05, 4.69) is 0 Å². The zero-order valence-corrected chi connectivity index (χ0v) is 27.9. The first kappa shape index (κ1) is 44.0. The predicted octanol–water partition coefficient (Wildman–Crippen LogP) is 8.01. The van der Waals surface area contributed by atoms with Crippen molar-refractivity contribution in [1.29, 1.82) is 0 Å². The van der Waals surface area contributed by atoms with Crippen LogP contribution in [0.4, 0.5) is 92.2 Å². The van der Waals surface area contributed by atoms with E-state index in [1.165, 1.54) is 12.1 Å². The fourth-order valence-corrected chi connectivity index (χ4v) is 6.21. The Kier molecular flexibility index (Phi) is 12.1. The first-order valence-corrected chi connectivity index (χ1v) is 15.5. The van der Waals surface area contributed by atoms with Crippen molar-refractivity contribution in [3.8, 4) is 0 Å². The maximum Gasteiger partial charge on any atom is 0.200 e. The van der Waals surface area contributed by atoms with Gasteiger partial charge in [0.25, 0.3) is 0 Å². The molecule has 1 heterocycles. The van der Waals surface area contributed by atoms with Crippen molar-refractivity contribution in [2.24, 2.45) is 0 Å². The lowest BCUT2D eigenvalue weighted by atomic mass is 9.12. The average molecular weight is 867 g/mol. The smallest absolute Gasteiger partial charge is 0.200 e. The molecule has 0 fully saturated rings. The summed E-state index contributed by atoms with van der Waals surface area (Å²) in [6.45, 7) is 0.779. The Bertz CT molecular complexity index is 2250. The Morgan fingerprint density at radius 3 is 0.746 bits per heavy atom. The molecule has 0 N–H and O–H groups in total. The van der Waals surface area contributed by atoms with Crippen molar-refractivity contribution in [1.82, 2.24) is 0 Å². The Hall–Kier alpha value is -6.16. The third kappa shape index (κ3) is 6.98. The topological polar surface area (TPSA) is 3.88 Å². The van der Waals surface area contributed by atoms with Crippen LogP contribution >= 0.6 is 0 Å². The summed E-state index contributed by atoms with van der Waals surface area (Å²) in [6.07, 6.45) is -3.24. The van der Waals surface area contributed by atoms with Gasteiger partial charge in [0.05, 0.1) is 0 Å². The summed E-state index contributed by atoms with van der Waals surface area (Å²) < 4.78 is 309. The van der Waals surface area contributed by atoms with E-state index in [0.29, 0.717) is 0 Å². The second-order valence-corrected chi connectivity index (χ2v) is 12.0. The largest absolute Gasteiger partial charge is 0.207 e. The normalized spacial score (nSPS) is 11.5. The molecule has 0 aliphatic carbocycles. The van der Waals surface area contributed by atoms with Gasteiger partial charge < -0.3 is 0 Å². The highest BCUT2D eigenvalue weighted by molar-refractivity contribution is 7.20. The van der Waals surface area contributed by atoms with Crippen LogP contribution in [0.1, 0.15) is 5.56 Å². The summed E-state index contributed by atoms with van der Waals surface area (Å²) in [4.78, 5) is 0. The molecule has 0 bridgehead atoms. The molecule has 0 aliphatic heterocycles. The van der Waals surface area contributed by atoms with Crippen molar-refractivity contribution in [2.75, 3.05) is 0 Å². The van der Waals surface area contributed by atoms with Gasteiger partial charge in [-0.3, -0.25) is 0 Å². The fraction of sp³-hybridized carbons (Fsp3) is 0.0278. The molecule has 0 aliphatic rings. The lowest BCUT2D eigenvalue weighted by molar-refractivity contribution is -0.688. The number of rotatable bonds is 6. The quantitative estimate of drug-likeness (QED) is 0.0526. The molecular formula is C36H11BF21N. The molecule has 0 radical (unpaired) electrons. The number of halogens is 21. The van der Waals surface area contributed by atoms with Crippen LogP contribution in [0.15, 0.2) is 54.9 Å². The minimum atomic E-state index is -7.22. The van der Waals surface area contributed by atoms with Gasteiger partial charge in [0.1, 0.15) is 58.5 Å². The van der Waals surface area contributed by atoms with Gasteiger partial charge in [-0.1, -0.05) is 6.07 Å². The van der Waals surface area contributed by atoms with E-state index >= 15 is 35.1 Å². The van der Waals surface area contributed by atoms with Gasteiger partial charge in [-0.2, -0.15) is 0 Å². The van der Waals surface area contributed by atoms with Crippen LogP contribution in [0.5, 0.6) is 0 Å². The van der Waals surface area contributed by atoms with Crippen molar-refractivity contribution in [3.05, 3.63) is 183 Å². The van der Waals surface area contributed by atoms with Crippen LogP contribution in [0.25, 0.3) is 0 Å². The highest BCUT2D eigenvalue weighted by Gasteiger charge is 2.52. The average Bonchev–Trinajstić information content (AvgIpc) is 3.22. The number of nitrogens with zero attached hydrogens (tertiary/aromatic N) is 1. The van der Waals surface area contributed by atoms with Crippen LogP contribution in [-0.2, 0) is 6.54 Å². The van der Waals surface area contributed by atoms with Crippen LogP contribution in [0.2, 0.25) is 0 Å². The molecule has 310 valence electrons. The van der Waals surface area contributed by atoms with Gasteiger partial charge in [-0.25, -0.2) is 96.8 Å². The van der Waals surface area contributed by atoms with E-state index in [1.807, 2.05) is 35.2 Å². The Morgan fingerprint density at radius 2 is 0.508 bits per heavy atom. The third-order valence-corrected chi connectivity index (χ3v) is 8.76. The lowest BCUT2D eigenvalue weighted by Crippen LogP contribution is -2.81. The maximum atomic E-state index is 15.4. The second kappa shape index (κ2) is 16.2. The molecule has 0 saturated carbocycles. The van der Waals surface area contributed by atoms with Gasteiger partial charge in [-0.15, -0.1) is 21.9 Å². The molecular weight excluding hydrogens is 856 g/mol. The van der Waals surface area contributed by atoms with Gasteiger partial charge in [0.15, 0.2) is 88.7 Å². The number of hydrogen-bond acceptors (Lipinski definition) is 0. The highest BCUT2D eigenvalue weighted by atomic mass is 19.2. The lowest BCUT2D eigenvalue weighted by Gasteiger charge is -2.44. The monoisotopic (exact) mass is 867 g/mol. The third-order valence-electron chi connectivity index (χ3n) is 8.76. The van der Waals surface area contributed by atoms with Crippen LogP contribution in [-0.4, -0.2) is 6.15 Å². The number of aromatic nitrogens is 1. The highest BCUT2D eigenvalue weighted by Crippen LogP contribution is 2.30. The summed E-state index contributed by atoms with van der Waals surface area (Å²) in [5, 5.41) is 0. The van der Waals surface area contributed by atoms with E-state index in [0.717, 1.165) is 12.1 Å². The molecule has 0 atom stereocenters. The van der Waals surface area contributed by atoms with Gasteiger partial charge in [0, 0.05) is 17.7 Å². The summed E-state index contributed by atoms with van der Waals surface area (Å²) in [5.74, 6) is -71.6. The van der Waals surface area contributed by atoms with Crippen molar-refractivity contribution < 1.29 is 96.8 Å². The molecule has 5 aromatic carbocycles. The Morgan fingerprint density at radius 1 is 0.288 bits per heavy atom. The van der Waals surface area contributed by atoms with E-state index in [-0.39, 0.29) is 5.82 Å². The zero-order chi connectivity index (χ0) is 44.2. The first-order valence-electron chi connectivity index (χ1n) is 15.5. The molecule has 0 amide bonds. The van der Waals surface area contributed by atoms with Gasteiger partial charge in [-0.05, 0) is 24.3 Å². The summed E-state index contributed by atoms with van der Waals surface area (Å²) >= 11 is 0. The van der Waals surface area contributed by atoms with E-state index in [1.54, 1.807) is 12.1 Å². The van der Waals surface area contributed by atoms with Crippen LogP contribution < -0.4 is 26.4 Å². The summed E-state index contributed by atoms with van der Waals surface area (Å²) in [5.41, 5.74) is -13.2. The van der Waals surface area contributed by atoms with Crippen molar-refractivity contribution in [3.63, 3.8) is 0 Å². The van der Waals surface area contributed by atoms with E-state index < -0.39 is 144 Å². The van der Waals surface area contributed by atoms with Gasteiger partial charge >= 0.3 is 0 Å². The molecule has 0 unspecified atom stereocenters. The molecule has 1 aromatic heterocycles. The SMILES string of the molecule is Fc1c(F)c(F)c([B-](c2c(F)c(F)c(F)c(F)c2F)(c2c(F)c(F)c(F)c(F)c2F)c2c(F)c(F)c(F)c(F)c2F)c(F)c1F.Fc1ccc(C[n+]2ccccc2)cc1. The Labute approximate surface area is 314 Å². The number of benzene rings is 5. The van der Waals surface area contributed by atoms with Crippen molar-refractivity contribution in [2.45, 2.75) is 6.54 Å². The molecule has 23 heteroatoms. The Balaban J connectivity index is 0.000000395. The fourth-order valence-electron chi connectivity index (χ4n) is 6.21. The molecule has 0 spiro atoms. The van der Waals surface area contributed by atoms with Crippen LogP contribution in [0.3, 0.4) is 0 Å².